The van der Waals surface area contributed by atoms with E-state index in [4.69, 9.17) is 9.52 Å². The maximum Gasteiger partial charge on any atom is 0.303 e. The standard InChI is InChI=1S/C13H13BrN2O3/c1-8-4-2-5-9(12(8)14)13-16-15-10(19-13)6-3-7-11(17)18/h2,4-5H,3,6-7H2,1H3,(H,17,18). The Bertz CT molecular complexity index is 595. The highest BCUT2D eigenvalue weighted by Gasteiger charge is 2.12. The van der Waals surface area contributed by atoms with Crippen LogP contribution in [0.2, 0.25) is 0 Å². The molecule has 0 saturated heterocycles. The van der Waals surface area contributed by atoms with Crippen LogP contribution >= 0.6 is 15.9 Å². The third-order valence-corrected chi connectivity index (χ3v) is 3.72. The zero-order chi connectivity index (χ0) is 13.8. The van der Waals surface area contributed by atoms with Crippen LogP contribution < -0.4 is 0 Å². The Labute approximate surface area is 118 Å². The number of benzene rings is 1. The lowest BCUT2D eigenvalue weighted by atomic mass is 10.1. The molecule has 6 heteroatoms. The molecule has 0 atom stereocenters. The molecule has 1 N–H and O–H groups in total. The molecule has 0 unspecified atom stereocenters. The van der Waals surface area contributed by atoms with E-state index in [1.807, 2.05) is 25.1 Å². The van der Waals surface area contributed by atoms with Crippen molar-refractivity contribution in [1.82, 2.24) is 10.2 Å². The number of aryl methyl sites for hydroxylation is 2. The molecule has 0 radical (unpaired) electrons. The van der Waals surface area contributed by atoms with E-state index in [-0.39, 0.29) is 6.42 Å². The Kier molecular flexibility index (Phi) is 4.31. The monoisotopic (exact) mass is 324 g/mol. The molecule has 19 heavy (non-hydrogen) atoms. The molecule has 0 aliphatic rings. The number of carboxylic acids is 1. The van der Waals surface area contributed by atoms with E-state index in [1.54, 1.807) is 0 Å². The first-order chi connectivity index (χ1) is 9.08. The van der Waals surface area contributed by atoms with Crippen LogP contribution in [0.1, 0.15) is 24.3 Å². The third-order valence-electron chi connectivity index (χ3n) is 2.67. The Balaban J connectivity index is 2.12. The summed E-state index contributed by atoms with van der Waals surface area (Å²) in [6, 6.07) is 5.80. The average molecular weight is 325 g/mol. The summed E-state index contributed by atoms with van der Waals surface area (Å²) < 4.78 is 6.47. The van der Waals surface area contributed by atoms with Gasteiger partial charge >= 0.3 is 5.97 Å². The first-order valence-corrected chi connectivity index (χ1v) is 6.67. The maximum atomic E-state index is 10.4. The first kappa shape index (κ1) is 13.7. The molecule has 1 aromatic carbocycles. The summed E-state index contributed by atoms with van der Waals surface area (Å²) in [4.78, 5) is 10.4. The molecule has 0 saturated carbocycles. The van der Waals surface area contributed by atoms with Crippen molar-refractivity contribution in [3.8, 4) is 11.5 Å². The number of carboxylic acid groups (broad SMARTS) is 1. The second-order valence-electron chi connectivity index (χ2n) is 4.18. The van der Waals surface area contributed by atoms with Crippen LogP contribution in [0, 0.1) is 6.92 Å². The van der Waals surface area contributed by atoms with E-state index in [1.165, 1.54) is 0 Å². The molecule has 5 nitrogen and oxygen atoms in total. The summed E-state index contributed by atoms with van der Waals surface area (Å²) in [5, 5.41) is 16.5. The zero-order valence-corrected chi connectivity index (χ0v) is 12.0. The molecule has 0 bridgehead atoms. The molecule has 2 aromatic rings. The van der Waals surface area contributed by atoms with Gasteiger partial charge in [0.25, 0.3) is 0 Å². The normalized spacial score (nSPS) is 10.6. The number of carbonyl (C=O) groups is 1. The van der Waals surface area contributed by atoms with Crippen molar-refractivity contribution >= 4 is 21.9 Å². The first-order valence-electron chi connectivity index (χ1n) is 5.87. The number of nitrogens with zero attached hydrogens (tertiary/aromatic N) is 2. The second kappa shape index (κ2) is 5.97. The van der Waals surface area contributed by atoms with Gasteiger partial charge in [-0.3, -0.25) is 4.79 Å². The van der Waals surface area contributed by atoms with Gasteiger partial charge in [-0.1, -0.05) is 12.1 Å². The largest absolute Gasteiger partial charge is 0.481 e. The van der Waals surface area contributed by atoms with Crippen molar-refractivity contribution in [2.24, 2.45) is 0 Å². The number of aromatic nitrogens is 2. The summed E-state index contributed by atoms with van der Waals surface area (Å²) in [7, 11) is 0. The fourth-order valence-corrected chi connectivity index (χ4v) is 2.10. The number of aliphatic carboxylic acids is 1. The van der Waals surface area contributed by atoms with Gasteiger partial charge in [0.15, 0.2) is 0 Å². The molecule has 1 aromatic heterocycles. The Hall–Kier alpha value is -1.69. The predicted molar refractivity (Wildman–Crippen MR) is 72.7 cm³/mol. The van der Waals surface area contributed by atoms with Crippen LogP contribution in [-0.2, 0) is 11.2 Å². The molecular weight excluding hydrogens is 312 g/mol. The molecule has 0 aliphatic carbocycles. The highest BCUT2D eigenvalue weighted by Crippen LogP contribution is 2.29. The van der Waals surface area contributed by atoms with Crippen molar-refractivity contribution in [1.29, 1.82) is 0 Å². The van der Waals surface area contributed by atoms with Crippen LogP contribution in [0.3, 0.4) is 0 Å². The molecule has 0 amide bonds. The van der Waals surface area contributed by atoms with Gasteiger partial charge in [0, 0.05) is 17.3 Å². The minimum Gasteiger partial charge on any atom is -0.481 e. The van der Waals surface area contributed by atoms with Crippen molar-refractivity contribution in [3.63, 3.8) is 0 Å². The number of halogens is 1. The maximum absolute atomic E-state index is 10.4. The Morgan fingerprint density at radius 3 is 2.95 bits per heavy atom. The van der Waals surface area contributed by atoms with Crippen molar-refractivity contribution in [3.05, 3.63) is 34.1 Å². The third kappa shape index (κ3) is 3.41. The summed E-state index contributed by atoms with van der Waals surface area (Å²) in [5.41, 5.74) is 1.93. The van der Waals surface area contributed by atoms with Gasteiger partial charge in [-0.2, -0.15) is 0 Å². The van der Waals surface area contributed by atoms with E-state index in [0.717, 1.165) is 15.6 Å². The molecule has 0 aliphatic heterocycles. The SMILES string of the molecule is Cc1cccc(-c2nnc(CCCC(=O)O)o2)c1Br. The molecule has 2 rings (SSSR count). The van der Waals surface area contributed by atoms with E-state index < -0.39 is 5.97 Å². The van der Waals surface area contributed by atoms with Crippen molar-refractivity contribution in [2.45, 2.75) is 26.2 Å². The lowest BCUT2D eigenvalue weighted by molar-refractivity contribution is -0.137. The van der Waals surface area contributed by atoms with Crippen LogP contribution in [-0.4, -0.2) is 21.3 Å². The van der Waals surface area contributed by atoms with Gasteiger partial charge in [0.1, 0.15) is 0 Å². The molecule has 100 valence electrons. The highest BCUT2D eigenvalue weighted by atomic mass is 79.9. The van der Waals surface area contributed by atoms with Gasteiger partial charge in [0.05, 0.1) is 5.56 Å². The van der Waals surface area contributed by atoms with Gasteiger partial charge < -0.3 is 9.52 Å². The Morgan fingerprint density at radius 1 is 1.42 bits per heavy atom. The van der Waals surface area contributed by atoms with Crippen LogP contribution in [0.15, 0.2) is 27.1 Å². The minimum atomic E-state index is -0.818. The molecule has 0 fully saturated rings. The zero-order valence-electron chi connectivity index (χ0n) is 10.4. The van der Waals surface area contributed by atoms with Gasteiger partial charge in [-0.05, 0) is 40.9 Å². The summed E-state index contributed by atoms with van der Waals surface area (Å²) >= 11 is 3.49. The number of hydrogen-bond donors (Lipinski definition) is 1. The summed E-state index contributed by atoms with van der Waals surface area (Å²) in [6.07, 6.45) is 1.07. The molecular formula is C13H13BrN2O3. The lowest BCUT2D eigenvalue weighted by Gasteiger charge is -2.01. The summed E-state index contributed by atoms with van der Waals surface area (Å²) in [5.74, 6) is 0.0896. The van der Waals surface area contributed by atoms with Gasteiger partial charge in [-0.15, -0.1) is 10.2 Å². The fourth-order valence-electron chi connectivity index (χ4n) is 1.67. The summed E-state index contributed by atoms with van der Waals surface area (Å²) in [6.45, 7) is 1.98. The number of rotatable bonds is 5. The van der Waals surface area contributed by atoms with Crippen molar-refractivity contribution in [2.75, 3.05) is 0 Å². The Morgan fingerprint density at radius 2 is 2.21 bits per heavy atom. The second-order valence-corrected chi connectivity index (χ2v) is 4.98. The topological polar surface area (TPSA) is 76.2 Å². The predicted octanol–water partition coefficient (Wildman–Crippen LogP) is 3.21. The van der Waals surface area contributed by atoms with Crippen LogP contribution in [0.5, 0.6) is 0 Å². The average Bonchev–Trinajstić information content (AvgIpc) is 2.81. The molecule has 1 heterocycles. The van der Waals surface area contributed by atoms with E-state index in [9.17, 15) is 4.79 Å². The van der Waals surface area contributed by atoms with E-state index in [2.05, 4.69) is 26.1 Å². The van der Waals surface area contributed by atoms with E-state index >= 15 is 0 Å². The highest BCUT2D eigenvalue weighted by molar-refractivity contribution is 9.10. The number of hydrogen-bond acceptors (Lipinski definition) is 4. The smallest absolute Gasteiger partial charge is 0.303 e. The quantitative estimate of drug-likeness (QED) is 0.913. The van der Waals surface area contributed by atoms with Crippen LogP contribution in [0.4, 0.5) is 0 Å². The minimum absolute atomic E-state index is 0.103. The van der Waals surface area contributed by atoms with Crippen LogP contribution in [0.25, 0.3) is 11.5 Å². The lowest BCUT2D eigenvalue weighted by Crippen LogP contribution is -1.95. The van der Waals surface area contributed by atoms with Gasteiger partial charge in [0.2, 0.25) is 11.8 Å². The molecule has 0 spiro atoms. The van der Waals surface area contributed by atoms with Gasteiger partial charge in [-0.25, -0.2) is 0 Å². The van der Waals surface area contributed by atoms with E-state index in [0.29, 0.717) is 24.6 Å². The van der Waals surface area contributed by atoms with Crippen molar-refractivity contribution < 1.29 is 14.3 Å². The fraction of sp³-hybridized carbons (Fsp3) is 0.308.